The lowest BCUT2D eigenvalue weighted by Crippen LogP contribution is -2.12. The zero-order valence-electron chi connectivity index (χ0n) is 9.20. The first-order valence-electron chi connectivity index (χ1n) is 5.03. The molecular formula is C11H6ClF3N2O2. The van der Waals surface area contributed by atoms with Crippen molar-refractivity contribution in [1.82, 2.24) is 9.97 Å². The van der Waals surface area contributed by atoms with Crippen molar-refractivity contribution in [2.45, 2.75) is 12.6 Å². The second-order valence-corrected chi connectivity index (χ2v) is 4.08. The van der Waals surface area contributed by atoms with Crippen LogP contribution in [0.5, 0.6) is 0 Å². The SMILES string of the molecule is O=C(O)Cc1cccc2c(Cl)nc(C(F)(F)F)nc12. The molecule has 1 N–H and O–H groups in total. The first-order chi connectivity index (χ1) is 8.79. The van der Waals surface area contributed by atoms with E-state index < -0.39 is 24.4 Å². The van der Waals surface area contributed by atoms with Crippen LogP contribution < -0.4 is 0 Å². The molecule has 0 aliphatic heterocycles. The van der Waals surface area contributed by atoms with Crippen LogP contribution >= 0.6 is 11.6 Å². The molecule has 0 saturated carbocycles. The molecule has 0 saturated heterocycles. The van der Waals surface area contributed by atoms with Gasteiger partial charge < -0.3 is 5.11 Å². The lowest BCUT2D eigenvalue weighted by atomic mass is 10.1. The predicted molar refractivity (Wildman–Crippen MR) is 60.9 cm³/mol. The third-order valence-electron chi connectivity index (χ3n) is 2.36. The number of fused-ring (bicyclic) bond motifs is 1. The number of carboxylic acid groups (broad SMARTS) is 1. The van der Waals surface area contributed by atoms with Crippen LogP contribution in [-0.4, -0.2) is 21.0 Å². The highest BCUT2D eigenvalue weighted by molar-refractivity contribution is 6.34. The van der Waals surface area contributed by atoms with Crippen LogP contribution in [0.3, 0.4) is 0 Å². The number of rotatable bonds is 2. The standard InChI is InChI=1S/C11H6ClF3N2O2/c12-9-6-3-1-2-5(4-7(18)19)8(6)16-10(17-9)11(13,14)15/h1-3H,4H2,(H,18,19). The Morgan fingerprint density at radius 1 is 1.32 bits per heavy atom. The zero-order valence-corrected chi connectivity index (χ0v) is 9.96. The predicted octanol–water partition coefficient (Wildman–Crippen LogP) is 2.93. The summed E-state index contributed by atoms with van der Waals surface area (Å²) >= 11 is 5.68. The topological polar surface area (TPSA) is 63.1 Å². The fourth-order valence-corrected chi connectivity index (χ4v) is 1.84. The van der Waals surface area contributed by atoms with E-state index in [1.165, 1.54) is 18.2 Å². The van der Waals surface area contributed by atoms with Gasteiger partial charge >= 0.3 is 12.1 Å². The maximum Gasteiger partial charge on any atom is 0.451 e. The molecule has 0 radical (unpaired) electrons. The number of hydrogen-bond acceptors (Lipinski definition) is 3. The number of carbonyl (C=O) groups is 1. The maximum absolute atomic E-state index is 12.6. The smallest absolute Gasteiger partial charge is 0.451 e. The Morgan fingerprint density at radius 3 is 2.58 bits per heavy atom. The van der Waals surface area contributed by atoms with Crippen molar-refractivity contribution in [1.29, 1.82) is 0 Å². The summed E-state index contributed by atoms with van der Waals surface area (Å²) in [7, 11) is 0. The van der Waals surface area contributed by atoms with E-state index in [2.05, 4.69) is 9.97 Å². The van der Waals surface area contributed by atoms with Crippen molar-refractivity contribution < 1.29 is 23.1 Å². The van der Waals surface area contributed by atoms with E-state index in [1.54, 1.807) is 0 Å². The molecule has 8 heteroatoms. The summed E-state index contributed by atoms with van der Waals surface area (Å²) in [5, 5.41) is 8.56. The average Bonchev–Trinajstić information content (AvgIpc) is 2.28. The number of aliphatic carboxylic acids is 1. The quantitative estimate of drug-likeness (QED) is 0.864. The van der Waals surface area contributed by atoms with Gasteiger partial charge in [-0.1, -0.05) is 23.7 Å². The van der Waals surface area contributed by atoms with Crippen LogP contribution in [0.1, 0.15) is 11.4 Å². The van der Waals surface area contributed by atoms with Gasteiger partial charge in [-0.05, 0) is 11.6 Å². The number of hydrogen-bond donors (Lipinski definition) is 1. The van der Waals surface area contributed by atoms with Crippen LogP contribution in [0.2, 0.25) is 5.15 Å². The number of benzene rings is 1. The molecule has 1 heterocycles. The number of alkyl halides is 3. The average molecular weight is 291 g/mol. The molecule has 2 rings (SSSR count). The van der Waals surface area contributed by atoms with Gasteiger partial charge in [0.05, 0.1) is 11.9 Å². The molecule has 0 spiro atoms. The second kappa shape index (κ2) is 4.65. The minimum absolute atomic E-state index is 0.0998. The Balaban J connectivity index is 2.72. The monoisotopic (exact) mass is 290 g/mol. The van der Waals surface area contributed by atoms with Crippen molar-refractivity contribution in [2.75, 3.05) is 0 Å². The molecule has 0 fully saturated rings. The fourth-order valence-electron chi connectivity index (χ4n) is 1.61. The van der Waals surface area contributed by atoms with Crippen LogP contribution in [0.4, 0.5) is 13.2 Å². The maximum atomic E-state index is 12.6. The van der Waals surface area contributed by atoms with Crippen LogP contribution in [0.15, 0.2) is 18.2 Å². The molecular weight excluding hydrogens is 285 g/mol. The summed E-state index contributed by atoms with van der Waals surface area (Å²) in [6, 6.07) is 4.31. The molecule has 0 aliphatic carbocycles. The van der Waals surface area contributed by atoms with Crippen LogP contribution in [0, 0.1) is 0 Å². The highest BCUT2D eigenvalue weighted by Crippen LogP contribution is 2.31. The first-order valence-corrected chi connectivity index (χ1v) is 5.41. The highest BCUT2D eigenvalue weighted by Gasteiger charge is 2.35. The van der Waals surface area contributed by atoms with E-state index in [1.807, 2.05) is 0 Å². The summed E-state index contributed by atoms with van der Waals surface area (Å²) in [6.07, 6.45) is -5.18. The summed E-state index contributed by atoms with van der Waals surface area (Å²) in [6.45, 7) is 0. The number of carboxylic acids is 1. The summed E-state index contributed by atoms with van der Waals surface area (Å²) < 4.78 is 37.8. The van der Waals surface area contributed by atoms with Crippen molar-refractivity contribution in [3.63, 3.8) is 0 Å². The van der Waals surface area contributed by atoms with Gasteiger partial charge in [0.2, 0.25) is 5.82 Å². The second-order valence-electron chi connectivity index (χ2n) is 3.72. The van der Waals surface area contributed by atoms with E-state index in [-0.39, 0.29) is 21.6 Å². The minimum atomic E-state index is -4.74. The van der Waals surface area contributed by atoms with E-state index in [0.717, 1.165) is 0 Å². The summed E-state index contributed by atoms with van der Waals surface area (Å²) in [4.78, 5) is 17.2. The van der Waals surface area contributed by atoms with E-state index in [4.69, 9.17) is 16.7 Å². The Kier molecular flexibility index (Phi) is 3.32. The van der Waals surface area contributed by atoms with Crippen molar-refractivity contribution in [2.24, 2.45) is 0 Å². The first kappa shape index (κ1) is 13.5. The van der Waals surface area contributed by atoms with Gasteiger partial charge in [0.1, 0.15) is 5.15 Å². The van der Waals surface area contributed by atoms with E-state index in [9.17, 15) is 18.0 Å². The number of halogens is 4. The van der Waals surface area contributed by atoms with Gasteiger partial charge in [0, 0.05) is 5.39 Å². The van der Waals surface area contributed by atoms with Crippen molar-refractivity contribution in [3.8, 4) is 0 Å². The van der Waals surface area contributed by atoms with Gasteiger partial charge in [-0.25, -0.2) is 9.97 Å². The Hall–Kier alpha value is -1.89. The minimum Gasteiger partial charge on any atom is -0.481 e. The summed E-state index contributed by atoms with van der Waals surface area (Å²) in [5.41, 5.74) is 0.0528. The molecule has 4 nitrogen and oxygen atoms in total. The van der Waals surface area contributed by atoms with Gasteiger partial charge in [-0.3, -0.25) is 4.79 Å². The largest absolute Gasteiger partial charge is 0.481 e. The molecule has 0 atom stereocenters. The molecule has 1 aromatic heterocycles. The third-order valence-corrected chi connectivity index (χ3v) is 2.65. The lowest BCUT2D eigenvalue weighted by molar-refractivity contribution is -0.144. The fraction of sp³-hybridized carbons (Fsp3) is 0.182. The lowest BCUT2D eigenvalue weighted by Gasteiger charge is -2.09. The zero-order chi connectivity index (χ0) is 14.2. The number of aromatic nitrogens is 2. The molecule has 0 unspecified atom stereocenters. The normalized spacial score (nSPS) is 11.8. The van der Waals surface area contributed by atoms with Gasteiger partial charge in [-0.15, -0.1) is 0 Å². The Labute approximate surface area is 109 Å². The van der Waals surface area contributed by atoms with Gasteiger partial charge in [0.15, 0.2) is 0 Å². The van der Waals surface area contributed by atoms with E-state index in [0.29, 0.717) is 0 Å². The highest BCUT2D eigenvalue weighted by atomic mass is 35.5. The number of para-hydroxylation sites is 1. The molecule has 0 bridgehead atoms. The van der Waals surface area contributed by atoms with Crippen LogP contribution in [0.25, 0.3) is 10.9 Å². The molecule has 2 aromatic rings. The Bertz CT molecular complexity index is 658. The Morgan fingerprint density at radius 2 is 2.00 bits per heavy atom. The third kappa shape index (κ3) is 2.76. The molecule has 0 aliphatic rings. The molecule has 100 valence electrons. The van der Waals surface area contributed by atoms with Crippen LogP contribution in [-0.2, 0) is 17.4 Å². The molecule has 1 aromatic carbocycles. The van der Waals surface area contributed by atoms with Crippen molar-refractivity contribution in [3.05, 3.63) is 34.7 Å². The van der Waals surface area contributed by atoms with E-state index >= 15 is 0 Å². The number of nitrogens with zero attached hydrogens (tertiary/aromatic N) is 2. The molecule has 19 heavy (non-hydrogen) atoms. The van der Waals surface area contributed by atoms with Gasteiger partial charge in [-0.2, -0.15) is 13.2 Å². The van der Waals surface area contributed by atoms with Gasteiger partial charge in [0.25, 0.3) is 0 Å². The van der Waals surface area contributed by atoms with Crippen molar-refractivity contribution >= 4 is 28.5 Å². The summed E-state index contributed by atoms with van der Waals surface area (Å²) in [5.74, 6) is -2.56. The molecule has 0 amide bonds.